The first-order valence-electron chi connectivity index (χ1n) is 7.78. The molecule has 2 aromatic rings. The summed E-state index contributed by atoms with van der Waals surface area (Å²) in [4.78, 5) is 0. The van der Waals surface area contributed by atoms with Gasteiger partial charge in [-0.25, -0.2) is 8.42 Å². The number of nitrogen functional groups attached to an aromatic ring is 1. The molecule has 2 aromatic carbocycles. The highest BCUT2D eigenvalue weighted by Crippen LogP contribution is 2.27. The molecule has 0 aliphatic rings. The van der Waals surface area contributed by atoms with E-state index in [1.807, 2.05) is 24.3 Å². The zero-order chi connectivity index (χ0) is 18.4. The maximum atomic E-state index is 11.3. The molecule has 0 radical (unpaired) electrons. The Kier molecular flexibility index (Phi) is 6.24. The third kappa shape index (κ3) is 6.26. The second-order valence-electron chi connectivity index (χ2n) is 5.86. The highest BCUT2D eigenvalue weighted by atomic mass is 32.2. The number of phenolic OH excluding ortho intramolecular Hbond substituents is 1. The number of nitrogens with two attached hydrogens (primary N) is 1. The number of phenols is 1. The van der Waals surface area contributed by atoms with Gasteiger partial charge in [-0.2, -0.15) is 0 Å². The number of aromatic hydroxyl groups is 1. The molecule has 1 atom stereocenters. The summed E-state index contributed by atoms with van der Waals surface area (Å²) in [6.07, 6.45) is 0.963. The fraction of sp³-hybridized carbons (Fsp3) is 0.294. The molecule has 2 rings (SSSR count). The average Bonchev–Trinajstić information content (AvgIpc) is 2.54. The molecule has 0 unspecified atom stereocenters. The predicted molar refractivity (Wildman–Crippen MR) is 99.0 cm³/mol. The van der Waals surface area contributed by atoms with E-state index in [4.69, 9.17) is 5.73 Å². The first kappa shape index (κ1) is 19.0. The van der Waals surface area contributed by atoms with E-state index in [-0.39, 0.29) is 11.4 Å². The van der Waals surface area contributed by atoms with Crippen molar-refractivity contribution >= 4 is 21.4 Å². The summed E-state index contributed by atoms with van der Waals surface area (Å²) < 4.78 is 24.8. The number of aliphatic hydroxyl groups excluding tert-OH is 1. The minimum atomic E-state index is -3.51. The van der Waals surface area contributed by atoms with Crippen molar-refractivity contribution in [2.75, 3.05) is 29.8 Å². The fourth-order valence-electron chi connectivity index (χ4n) is 2.32. The van der Waals surface area contributed by atoms with Crippen LogP contribution in [-0.2, 0) is 16.4 Å². The first-order valence-corrected chi connectivity index (χ1v) is 9.67. The molecule has 7 nitrogen and oxygen atoms in total. The molecule has 0 heterocycles. The van der Waals surface area contributed by atoms with Gasteiger partial charge in [0.05, 0.1) is 18.0 Å². The van der Waals surface area contributed by atoms with Crippen molar-refractivity contribution in [3.05, 3.63) is 53.6 Å². The van der Waals surface area contributed by atoms with Crippen LogP contribution in [0.1, 0.15) is 17.2 Å². The maximum absolute atomic E-state index is 11.3. The molecule has 0 saturated carbocycles. The number of aliphatic hydroxyl groups is 1. The molecule has 0 amide bonds. The van der Waals surface area contributed by atoms with Crippen molar-refractivity contribution < 1.29 is 18.6 Å². The van der Waals surface area contributed by atoms with Crippen LogP contribution in [0.25, 0.3) is 0 Å². The van der Waals surface area contributed by atoms with E-state index in [0.717, 1.165) is 23.9 Å². The highest BCUT2D eigenvalue weighted by Gasteiger charge is 2.12. The molecule has 0 spiro atoms. The lowest BCUT2D eigenvalue weighted by Gasteiger charge is -2.15. The van der Waals surface area contributed by atoms with Gasteiger partial charge in [0.25, 0.3) is 0 Å². The molecule has 0 aliphatic heterocycles. The van der Waals surface area contributed by atoms with Crippen molar-refractivity contribution in [2.24, 2.45) is 0 Å². The summed E-state index contributed by atoms with van der Waals surface area (Å²) in [7, 11) is -3.51. The summed E-state index contributed by atoms with van der Waals surface area (Å²) in [5, 5.41) is 23.1. The Morgan fingerprint density at radius 2 is 1.84 bits per heavy atom. The van der Waals surface area contributed by atoms with Gasteiger partial charge in [0, 0.05) is 12.2 Å². The number of hydrogen-bond donors (Lipinski definition) is 5. The summed E-state index contributed by atoms with van der Waals surface area (Å²) in [6.45, 7) is 0.978. The lowest BCUT2D eigenvalue weighted by molar-refractivity contribution is 0.175. The van der Waals surface area contributed by atoms with Crippen LogP contribution in [0.2, 0.25) is 0 Å². The van der Waals surface area contributed by atoms with Crippen LogP contribution in [-0.4, -0.2) is 38.0 Å². The Balaban J connectivity index is 1.88. The number of hydrogen-bond acceptors (Lipinski definition) is 6. The van der Waals surface area contributed by atoms with E-state index >= 15 is 0 Å². The second-order valence-corrected chi connectivity index (χ2v) is 7.61. The van der Waals surface area contributed by atoms with Gasteiger partial charge >= 0.3 is 0 Å². The van der Waals surface area contributed by atoms with Gasteiger partial charge in [0.1, 0.15) is 5.75 Å². The van der Waals surface area contributed by atoms with Crippen molar-refractivity contribution in [3.8, 4) is 5.75 Å². The molecule has 6 N–H and O–H groups in total. The van der Waals surface area contributed by atoms with Crippen molar-refractivity contribution in [1.29, 1.82) is 0 Å². The number of sulfonamides is 1. The molecule has 0 fully saturated rings. The molecule has 25 heavy (non-hydrogen) atoms. The van der Waals surface area contributed by atoms with Crippen LogP contribution in [0, 0.1) is 0 Å². The van der Waals surface area contributed by atoms with E-state index < -0.39 is 16.1 Å². The summed E-state index contributed by atoms with van der Waals surface area (Å²) in [5.41, 5.74) is 8.04. The van der Waals surface area contributed by atoms with Gasteiger partial charge < -0.3 is 21.3 Å². The Hall–Kier alpha value is -2.29. The maximum Gasteiger partial charge on any atom is 0.229 e. The second kappa shape index (κ2) is 8.19. The van der Waals surface area contributed by atoms with Gasteiger partial charge in [-0.15, -0.1) is 0 Å². The number of benzene rings is 2. The average molecular weight is 365 g/mol. The van der Waals surface area contributed by atoms with E-state index in [2.05, 4.69) is 10.0 Å². The summed E-state index contributed by atoms with van der Waals surface area (Å²) in [5.74, 6) is -0.197. The number of rotatable bonds is 8. The van der Waals surface area contributed by atoms with Gasteiger partial charge in [-0.05, 0) is 48.4 Å². The zero-order valence-electron chi connectivity index (χ0n) is 13.9. The molecule has 0 aromatic heterocycles. The zero-order valence-corrected chi connectivity index (χ0v) is 14.8. The van der Waals surface area contributed by atoms with Crippen LogP contribution < -0.4 is 15.8 Å². The minimum absolute atomic E-state index is 0.0425. The van der Waals surface area contributed by atoms with Crippen LogP contribution in [0.4, 0.5) is 11.4 Å². The van der Waals surface area contributed by atoms with Crippen LogP contribution in [0.15, 0.2) is 42.5 Å². The normalized spacial score (nSPS) is 12.7. The molecule has 0 saturated heterocycles. The van der Waals surface area contributed by atoms with Crippen molar-refractivity contribution in [1.82, 2.24) is 5.32 Å². The topological polar surface area (TPSA) is 125 Å². The standard InChI is InChI=1S/C17H23N3O4S/c1-25(23,24)20-15-10-13(4-7-16(15)21)17(22)11-19-9-8-12-2-5-14(18)6-3-12/h2-7,10,17,19-22H,8-9,11,18H2,1H3/t17-/m1/s1. The third-order valence-corrected chi connectivity index (χ3v) is 4.20. The lowest BCUT2D eigenvalue weighted by atomic mass is 10.1. The SMILES string of the molecule is CS(=O)(=O)Nc1cc([C@H](O)CNCCc2ccc(N)cc2)ccc1O. The predicted octanol–water partition coefficient (Wildman–Crippen LogP) is 1.21. The van der Waals surface area contributed by atoms with Gasteiger partial charge in [-0.3, -0.25) is 4.72 Å². The third-order valence-electron chi connectivity index (χ3n) is 3.61. The smallest absolute Gasteiger partial charge is 0.229 e. The number of anilines is 2. The molecule has 0 aliphatic carbocycles. The van der Waals surface area contributed by atoms with E-state index in [1.54, 1.807) is 6.07 Å². The van der Waals surface area contributed by atoms with Crippen LogP contribution >= 0.6 is 0 Å². The molecule has 0 bridgehead atoms. The minimum Gasteiger partial charge on any atom is -0.506 e. The largest absolute Gasteiger partial charge is 0.506 e. The van der Waals surface area contributed by atoms with E-state index in [1.165, 1.54) is 12.1 Å². The summed E-state index contributed by atoms with van der Waals surface area (Å²) in [6, 6.07) is 11.9. The first-order chi connectivity index (χ1) is 11.7. The summed E-state index contributed by atoms with van der Waals surface area (Å²) >= 11 is 0. The highest BCUT2D eigenvalue weighted by molar-refractivity contribution is 7.92. The monoisotopic (exact) mass is 365 g/mol. The Morgan fingerprint density at radius 1 is 1.16 bits per heavy atom. The quantitative estimate of drug-likeness (QED) is 0.272. The number of nitrogens with one attached hydrogen (secondary N) is 2. The van der Waals surface area contributed by atoms with Gasteiger partial charge in [-0.1, -0.05) is 18.2 Å². The molecule has 8 heteroatoms. The van der Waals surface area contributed by atoms with Crippen molar-refractivity contribution in [2.45, 2.75) is 12.5 Å². The van der Waals surface area contributed by atoms with E-state index in [0.29, 0.717) is 18.7 Å². The Labute approximate surface area is 147 Å². The van der Waals surface area contributed by atoms with Gasteiger partial charge in [0.15, 0.2) is 0 Å². The Morgan fingerprint density at radius 3 is 2.48 bits per heavy atom. The van der Waals surface area contributed by atoms with Crippen molar-refractivity contribution in [3.63, 3.8) is 0 Å². The molecular weight excluding hydrogens is 342 g/mol. The fourth-order valence-corrected chi connectivity index (χ4v) is 2.88. The lowest BCUT2D eigenvalue weighted by Crippen LogP contribution is -2.23. The van der Waals surface area contributed by atoms with Gasteiger partial charge in [0.2, 0.25) is 10.0 Å². The Bertz CT molecular complexity index is 807. The molecule has 136 valence electrons. The molecular formula is C17H23N3O4S. The van der Waals surface area contributed by atoms with Crippen LogP contribution in [0.5, 0.6) is 5.75 Å². The van der Waals surface area contributed by atoms with Crippen LogP contribution in [0.3, 0.4) is 0 Å². The van der Waals surface area contributed by atoms with E-state index in [9.17, 15) is 18.6 Å².